The molecular weight excluding hydrogens is 243 g/mol. The fourth-order valence-corrected chi connectivity index (χ4v) is 2.84. The summed E-state index contributed by atoms with van der Waals surface area (Å²) in [5, 5.41) is 10.3. The topological polar surface area (TPSA) is 39.6 Å². The minimum atomic E-state index is 0. The molecular formula is C8H11N2NaS3. The molecule has 1 aromatic rings. The number of rotatable bonds is 3. The molecule has 0 radical (unpaired) electrons. The number of H-pyrrole nitrogens is 1. The summed E-state index contributed by atoms with van der Waals surface area (Å²) >= 11 is 8.05. The number of aromatic amines is 1. The molecule has 72 valence electrons. The molecule has 0 aliphatic heterocycles. The Balaban J connectivity index is 0. The molecule has 1 N–H and O–H groups in total. The fraction of sp³-hybridized carbons (Fsp3) is 0.500. The van der Waals surface area contributed by atoms with Gasteiger partial charge < -0.3 is 5.80 Å². The van der Waals surface area contributed by atoms with Gasteiger partial charge in [-0.2, -0.15) is 5.26 Å². The van der Waals surface area contributed by atoms with Crippen molar-refractivity contribution in [1.82, 2.24) is 4.37 Å². The molecule has 2 nitrogen and oxygen atoms in total. The Morgan fingerprint density at radius 2 is 2.43 bits per heavy atom. The van der Waals surface area contributed by atoms with Crippen LogP contribution in [0, 0.1) is 15.2 Å². The summed E-state index contributed by atoms with van der Waals surface area (Å²) in [7, 11) is 0. The Morgan fingerprint density at radius 1 is 1.79 bits per heavy atom. The van der Waals surface area contributed by atoms with Crippen LogP contribution in [0.2, 0.25) is 0 Å². The number of hydrogen-bond donors (Lipinski definition) is 1. The van der Waals surface area contributed by atoms with Gasteiger partial charge in [-0.3, -0.25) is 0 Å². The van der Waals surface area contributed by atoms with Gasteiger partial charge in [0, 0.05) is 5.25 Å². The van der Waals surface area contributed by atoms with Crippen LogP contribution in [0.5, 0.6) is 0 Å². The molecule has 6 heteroatoms. The van der Waals surface area contributed by atoms with Crippen LogP contribution in [0.1, 0.15) is 27.3 Å². The second-order valence-electron chi connectivity index (χ2n) is 2.64. The van der Waals surface area contributed by atoms with E-state index in [0.29, 0.717) is 14.6 Å². The van der Waals surface area contributed by atoms with Gasteiger partial charge in [-0.1, -0.05) is 26.1 Å². The SMILES string of the molecule is CCC(C)Sc1[nH]sc(=S)c1C#N.[H-].[Na+]. The van der Waals surface area contributed by atoms with Crippen molar-refractivity contribution >= 4 is 35.5 Å². The first-order chi connectivity index (χ1) is 6.19. The third-order valence-corrected chi connectivity index (χ3v) is 4.23. The Hall–Kier alpha value is 0.690. The van der Waals surface area contributed by atoms with Gasteiger partial charge in [-0.25, -0.2) is 0 Å². The number of nitrogens with one attached hydrogen (secondary N) is 1. The minimum Gasteiger partial charge on any atom is -1.00 e. The molecule has 0 fully saturated rings. The van der Waals surface area contributed by atoms with E-state index in [1.54, 1.807) is 11.8 Å². The second-order valence-corrected chi connectivity index (χ2v) is 5.58. The third-order valence-electron chi connectivity index (χ3n) is 1.67. The van der Waals surface area contributed by atoms with Crippen molar-refractivity contribution in [3.63, 3.8) is 0 Å². The van der Waals surface area contributed by atoms with Crippen LogP contribution < -0.4 is 29.6 Å². The Labute approximate surface area is 121 Å². The summed E-state index contributed by atoms with van der Waals surface area (Å²) in [5.74, 6) is 0. The number of aromatic nitrogens is 1. The van der Waals surface area contributed by atoms with Gasteiger partial charge in [0.25, 0.3) is 0 Å². The van der Waals surface area contributed by atoms with E-state index in [2.05, 4.69) is 24.3 Å². The predicted molar refractivity (Wildman–Crippen MR) is 60.9 cm³/mol. The van der Waals surface area contributed by atoms with Gasteiger partial charge in [-0.05, 0) is 18.0 Å². The molecule has 14 heavy (non-hydrogen) atoms. The smallest absolute Gasteiger partial charge is 1.00 e. The van der Waals surface area contributed by atoms with Crippen molar-refractivity contribution in [2.45, 2.75) is 30.5 Å². The Kier molecular flexibility index (Phi) is 7.39. The molecule has 1 atom stereocenters. The molecule has 0 spiro atoms. The van der Waals surface area contributed by atoms with Crippen LogP contribution in [0.15, 0.2) is 5.03 Å². The average molecular weight is 254 g/mol. The van der Waals surface area contributed by atoms with Gasteiger partial charge in [0.05, 0.1) is 0 Å². The maximum atomic E-state index is 8.83. The molecule has 0 saturated heterocycles. The second kappa shape index (κ2) is 7.04. The number of hydrogen-bond acceptors (Lipinski definition) is 4. The van der Waals surface area contributed by atoms with E-state index in [1.807, 2.05) is 0 Å². The van der Waals surface area contributed by atoms with E-state index in [-0.39, 0.29) is 31.0 Å². The van der Waals surface area contributed by atoms with E-state index in [4.69, 9.17) is 17.5 Å². The van der Waals surface area contributed by atoms with E-state index in [0.717, 1.165) is 11.4 Å². The Morgan fingerprint density at radius 3 is 2.93 bits per heavy atom. The van der Waals surface area contributed by atoms with Gasteiger partial charge in [0.1, 0.15) is 20.5 Å². The summed E-state index contributed by atoms with van der Waals surface area (Å²) in [4.78, 5) is 0. The first-order valence-electron chi connectivity index (χ1n) is 3.97. The first-order valence-corrected chi connectivity index (χ1v) is 6.07. The number of nitrogens with zero attached hydrogens (tertiary/aromatic N) is 1. The molecule has 1 aromatic heterocycles. The van der Waals surface area contributed by atoms with Crippen molar-refractivity contribution in [2.75, 3.05) is 0 Å². The summed E-state index contributed by atoms with van der Waals surface area (Å²) in [5.41, 5.74) is 0.630. The molecule has 0 saturated carbocycles. The molecule has 0 bridgehead atoms. The van der Waals surface area contributed by atoms with Crippen LogP contribution in [0.4, 0.5) is 0 Å². The largest absolute Gasteiger partial charge is 1.00 e. The first kappa shape index (κ1) is 14.7. The summed E-state index contributed by atoms with van der Waals surface area (Å²) in [6.45, 7) is 4.27. The van der Waals surface area contributed by atoms with Crippen LogP contribution in [-0.2, 0) is 0 Å². The maximum Gasteiger partial charge on any atom is 1.00 e. The zero-order valence-electron chi connectivity index (χ0n) is 9.46. The third kappa shape index (κ3) is 3.69. The van der Waals surface area contributed by atoms with Crippen LogP contribution in [-0.4, -0.2) is 9.62 Å². The normalized spacial score (nSPS) is 11.5. The fourth-order valence-electron chi connectivity index (χ4n) is 0.751. The van der Waals surface area contributed by atoms with E-state index in [1.165, 1.54) is 11.5 Å². The van der Waals surface area contributed by atoms with Crippen LogP contribution in [0.3, 0.4) is 0 Å². The van der Waals surface area contributed by atoms with Crippen LogP contribution >= 0.6 is 35.5 Å². The van der Waals surface area contributed by atoms with Gasteiger partial charge >= 0.3 is 29.6 Å². The maximum absolute atomic E-state index is 8.83. The van der Waals surface area contributed by atoms with E-state index < -0.39 is 0 Å². The van der Waals surface area contributed by atoms with Gasteiger partial charge in [0.2, 0.25) is 0 Å². The van der Waals surface area contributed by atoms with Crippen molar-refractivity contribution < 1.29 is 31.0 Å². The van der Waals surface area contributed by atoms with Crippen molar-refractivity contribution in [2.24, 2.45) is 0 Å². The molecule has 0 amide bonds. The molecule has 0 aliphatic carbocycles. The van der Waals surface area contributed by atoms with E-state index >= 15 is 0 Å². The molecule has 1 unspecified atom stereocenters. The van der Waals surface area contributed by atoms with Crippen molar-refractivity contribution in [1.29, 1.82) is 5.26 Å². The quantitative estimate of drug-likeness (QED) is 0.490. The summed E-state index contributed by atoms with van der Waals surface area (Å²) < 4.78 is 3.73. The minimum absolute atomic E-state index is 0. The number of nitriles is 1. The summed E-state index contributed by atoms with van der Waals surface area (Å²) in [6, 6.07) is 2.13. The number of thioether (sulfide) groups is 1. The summed E-state index contributed by atoms with van der Waals surface area (Å²) in [6.07, 6.45) is 1.09. The van der Waals surface area contributed by atoms with Gasteiger partial charge in [0.15, 0.2) is 0 Å². The monoisotopic (exact) mass is 254 g/mol. The average Bonchev–Trinajstić information content (AvgIpc) is 2.46. The zero-order valence-corrected chi connectivity index (χ0v) is 12.9. The van der Waals surface area contributed by atoms with E-state index in [9.17, 15) is 0 Å². The zero-order chi connectivity index (χ0) is 9.84. The Bertz CT molecular complexity index is 382. The molecule has 0 aliphatic rings. The standard InChI is InChI=1S/C8H10N2S3.Na.H/c1-3-5(2)12-7-6(4-9)8(11)13-10-7;;/h5,10H,3H2,1-2H3;;/q;+1;-1. The molecule has 1 heterocycles. The molecule has 0 aromatic carbocycles. The molecule has 1 rings (SSSR count). The predicted octanol–water partition coefficient (Wildman–Crippen LogP) is 0.684. The van der Waals surface area contributed by atoms with Crippen molar-refractivity contribution in [3.8, 4) is 6.07 Å². The van der Waals surface area contributed by atoms with Crippen molar-refractivity contribution in [3.05, 3.63) is 9.39 Å². The van der Waals surface area contributed by atoms with Gasteiger partial charge in [-0.15, -0.1) is 11.8 Å². The van der Waals surface area contributed by atoms with Crippen LogP contribution in [0.25, 0.3) is 0 Å².